The predicted octanol–water partition coefficient (Wildman–Crippen LogP) is 3.31. The van der Waals surface area contributed by atoms with Gasteiger partial charge in [0.1, 0.15) is 0 Å². The molecule has 2 rings (SSSR count). The summed E-state index contributed by atoms with van der Waals surface area (Å²) in [5.74, 6) is 0.468. The van der Waals surface area contributed by atoms with Crippen LogP contribution < -0.4 is 10.6 Å². The molecule has 0 amide bonds. The summed E-state index contributed by atoms with van der Waals surface area (Å²) in [6.07, 6.45) is 1.84. The van der Waals surface area contributed by atoms with Gasteiger partial charge < -0.3 is 10.6 Å². The highest BCUT2D eigenvalue weighted by molar-refractivity contribution is 6.31. The summed E-state index contributed by atoms with van der Waals surface area (Å²) in [7, 11) is 0. The molecule has 1 unspecified atom stereocenters. The molecule has 0 saturated heterocycles. The lowest BCUT2D eigenvalue weighted by atomic mass is 10.1. The summed E-state index contributed by atoms with van der Waals surface area (Å²) in [6.45, 7) is 6.93. The third-order valence-corrected chi connectivity index (χ3v) is 3.57. The van der Waals surface area contributed by atoms with Crippen LogP contribution in [-0.4, -0.2) is 24.6 Å². The van der Waals surface area contributed by atoms with Crippen molar-refractivity contribution < 1.29 is 0 Å². The molecule has 2 aromatic rings. The number of nitrogens with two attached hydrogens (primary N) is 1. The van der Waals surface area contributed by atoms with Crippen molar-refractivity contribution in [1.29, 1.82) is 0 Å². The Labute approximate surface area is 119 Å². The largest absolute Gasteiger partial charge is 0.371 e. The number of pyridine rings is 1. The average molecular weight is 278 g/mol. The summed E-state index contributed by atoms with van der Waals surface area (Å²) in [5.41, 5.74) is 7.86. The summed E-state index contributed by atoms with van der Waals surface area (Å²) in [4.78, 5) is 6.73. The van der Waals surface area contributed by atoms with E-state index < -0.39 is 0 Å². The molecular weight excluding hydrogens is 258 g/mol. The fraction of sp³-hybridized carbons (Fsp3) is 0.400. The molecule has 0 aliphatic carbocycles. The predicted molar refractivity (Wildman–Crippen MR) is 82.9 cm³/mol. The zero-order chi connectivity index (χ0) is 13.8. The van der Waals surface area contributed by atoms with E-state index in [2.05, 4.69) is 29.8 Å². The van der Waals surface area contributed by atoms with E-state index in [-0.39, 0.29) is 0 Å². The molecule has 0 aliphatic rings. The molecule has 2 N–H and O–H groups in total. The third kappa shape index (κ3) is 3.17. The van der Waals surface area contributed by atoms with E-state index in [4.69, 9.17) is 17.3 Å². The van der Waals surface area contributed by atoms with Gasteiger partial charge in [-0.15, -0.1) is 0 Å². The van der Waals surface area contributed by atoms with Crippen molar-refractivity contribution in [2.24, 2.45) is 11.7 Å². The van der Waals surface area contributed by atoms with Crippen molar-refractivity contribution >= 4 is 28.2 Å². The molecule has 102 valence electrons. The minimum absolute atomic E-state index is 0.468. The molecule has 0 fully saturated rings. The lowest BCUT2D eigenvalue weighted by Crippen LogP contribution is -2.31. The van der Waals surface area contributed by atoms with E-state index >= 15 is 0 Å². The van der Waals surface area contributed by atoms with Crippen LogP contribution in [0.25, 0.3) is 10.9 Å². The first-order chi connectivity index (χ1) is 9.15. The van der Waals surface area contributed by atoms with Crippen LogP contribution >= 0.6 is 11.6 Å². The summed E-state index contributed by atoms with van der Waals surface area (Å²) >= 11 is 6.02. The number of hydrogen-bond donors (Lipinski definition) is 1. The van der Waals surface area contributed by atoms with Gasteiger partial charge in [-0.1, -0.05) is 18.5 Å². The lowest BCUT2D eigenvalue weighted by molar-refractivity contribution is 0.577. The second-order valence-electron chi connectivity index (χ2n) is 4.87. The minimum atomic E-state index is 0.468. The van der Waals surface area contributed by atoms with Gasteiger partial charge in [0.25, 0.3) is 0 Å². The van der Waals surface area contributed by atoms with Gasteiger partial charge in [0.05, 0.1) is 5.52 Å². The zero-order valence-electron chi connectivity index (χ0n) is 11.4. The summed E-state index contributed by atoms with van der Waals surface area (Å²) in [5, 5.41) is 1.86. The molecule has 0 bridgehead atoms. The van der Waals surface area contributed by atoms with Crippen molar-refractivity contribution in [3.05, 3.63) is 35.5 Å². The quantitative estimate of drug-likeness (QED) is 0.912. The van der Waals surface area contributed by atoms with Crippen LogP contribution in [0.3, 0.4) is 0 Å². The Morgan fingerprint density at radius 2 is 2.16 bits per heavy atom. The Kier molecular flexibility index (Phi) is 4.61. The first-order valence-corrected chi connectivity index (χ1v) is 7.02. The number of nitrogens with zero attached hydrogens (tertiary/aromatic N) is 2. The van der Waals surface area contributed by atoms with Crippen LogP contribution in [0, 0.1) is 5.92 Å². The number of aromatic nitrogens is 1. The second-order valence-corrected chi connectivity index (χ2v) is 5.31. The van der Waals surface area contributed by atoms with Crippen LogP contribution in [0.4, 0.5) is 5.69 Å². The fourth-order valence-corrected chi connectivity index (χ4v) is 2.40. The van der Waals surface area contributed by atoms with Crippen LogP contribution in [0.1, 0.15) is 13.8 Å². The molecule has 1 atom stereocenters. The number of halogens is 1. The molecular formula is C15H20ClN3. The normalized spacial score (nSPS) is 12.6. The van der Waals surface area contributed by atoms with Crippen molar-refractivity contribution in [2.45, 2.75) is 13.8 Å². The van der Waals surface area contributed by atoms with Crippen LogP contribution in [-0.2, 0) is 0 Å². The van der Waals surface area contributed by atoms with Crippen molar-refractivity contribution in [3.8, 4) is 0 Å². The van der Waals surface area contributed by atoms with E-state index in [0.717, 1.165) is 29.0 Å². The number of anilines is 1. The summed E-state index contributed by atoms with van der Waals surface area (Å²) in [6, 6.07) is 7.91. The number of fused-ring (bicyclic) bond motifs is 1. The van der Waals surface area contributed by atoms with Crippen molar-refractivity contribution in [3.63, 3.8) is 0 Å². The monoisotopic (exact) mass is 277 g/mol. The van der Waals surface area contributed by atoms with Gasteiger partial charge in [-0.05, 0) is 43.7 Å². The molecule has 4 heteroatoms. The maximum Gasteiger partial charge on any atom is 0.0737 e. The number of rotatable bonds is 5. The van der Waals surface area contributed by atoms with Crippen molar-refractivity contribution in [1.82, 2.24) is 4.98 Å². The van der Waals surface area contributed by atoms with Gasteiger partial charge in [-0.25, -0.2) is 0 Å². The molecule has 0 saturated carbocycles. The van der Waals surface area contributed by atoms with Crippen LogP contribution in [0.5, 0.6) is 0 Å². The van der Waals surface area contributed by atoms with Crippen molar-refractivity contribution in [2.75, 3.05) is 24.5 Å². The molecule has 1 aromatic heterocycles. The molecule has 0 aliphatic heterocycles. The smallest absolute Gasteiger partial charge is 0.0737 e. The molecule has 3 nitrogen and oxygen atoms in total. The second kappa shape index (κ2) is 6.22. The van der Waals surface area contributed by atoms with Gasteiger partial charge in [0, 0.05) is 35.4 Å². The van der Waals surface area contributed by atoms with Gasteiger partial charge in [-0.2, -0.15) is 0 Å². The first-order valence-electron chi connectivity index (χ1n) is 6.65. The van der Waals surface area contributed by atoms with E-state index in [9.17, 15) is 0 Å². The summed E-state index contributed by atoms with van der Waals surface area (Å²) < 4.78 is 0. The standard InChI is InChI=1S/C15H20ClN3/c1-3-19(10-11(2)9-17)15-6-7-18-14-8-12(16)4-5-13(14)15/h4-8,11H,3,9-10,17H2,1-2H3. The molecule has 1 heterocycles. The van der Waals surface area contributed by atoms with Crippen LogP contribution in [0.2, 0.25) is 5.02 Å². The molecule has 0 spiro atoms. The molecule has 0 radical (unpaired) electrons. The highest BCUT2D eigenvalue weighted by Crippen LogP contribution is 2.27. The van der Waals surface area contributed by atoms with E-state index in [1.54, 1.807) is 0 Å². The van der Waals surface area contributed by atoms with Gasteiger partial charge in [-0.3, -0.25) is 4.98 Å². The van der Waals surface area contributed by atoms with E-state index in [1.807, 2.05) is 24.4 Å². The number of hydrogen-bond acceptors (Lipinski definition) is 3. The van der Waals surface area contributed by atoms with Gasteiger partial charge >= 0.3 is 0 Å². The van der Waals surface area contributed by atoms with E-state index in [0.29, 0.717) is 12.5 Å². The topological polar surface area (TPSA) is 42.1 Å². The lowest BCUT2D eigenvalue weighted by Gasteiger charge is -2.27. The Morgan fingerprint density at radius 3 is 2.84 bits per heavy atom. The molecule has 19 heavy (non-hydrogen) atoms. The Hall–Kier alpha value is -1.32. The van der Waals surface area contributed by atoms with Gasteiger partial charge in [0.15, 0.2) is 0 Å². The average Bonchev–Trinajstić information content (AvgIpc) is 2.43. The maximum absolute atomic E-state index is 6.02. The molecule has 1 aromatic carbocycles. The maximum atomic E-state index is 6.02. The Balaban J connectivity index is 2.42. The van der Waals surface area contributed by atoms with Crippen LogP contribution in [0.15, 0.2) is 30.5 Å². The Morgan fingerprint density at radius 1 is 1.37 bits per heavy atom. The highest BCUT2D eigenvalue weighted by Gasteiger charge is 2.12. The zero-order valence-corrected chi connectivity index (χ0v) is 12.2. The highest BCUT2D eigenvalue weighted by atomic mass is 35.5. The van der Waals surface area contributed by atoms with E-state index in [1.165, 1.54) is 5.69 Å². The third-order valence-electron chi connectivity index (χ3n) is 3.34. The Bertz CT molecular complexity index is 556. The fourth-order valence-electron chi connectivity index (χ4n) is 2.23. The first kappa shape index (κ1) is 14.1. The SMILES string of the molecule is CCN(CC(C)CN)c1ccnc2cc(Cl)ccc12. The minimum Gasteiger partial charge on any atom is -0.371 e. The number of benzene rings is 1. The van der Waals surface area contributed by atoms with Gasteiger partial charge in [0.2, 0.25) is 0 Å².